The van der Waals surface area contributed by atoms with Gasteiger partial charge < -0.3 is 24.1 Å². The maximum absolute atomic E-state index is 12.3. The van der Waals surface area contributed by atoms with E-state index in [9.17, 15) is 14.7 Å². The molecular formula is C24H28O7. The Morgan fingerprint density at radius 3 is 2.39 bits per heavy atom. The molecule has 0 radical (unpaired) electrons. The van der Waals surface area contributed by atoms with E-state index in [4.69, 9.17) is 18.9 Å². The van der Waals surface area contributed by atoms with Gasteiger partial charge in [0.05, 0.1) is 13.0 Å². The minimum atomic E-state index is -1.17. The van der Waals surface area contributed by atoms with E-state index in [-0.39, 0.29) is 6.42 Å². The van der Waals surface area contributed by atoms with Gasteiger partial charge in [0.2, 0.25) is 6.29 Å². The van der Waals surface area contributed by atoms with Gasteiger partial charge in [-0.15, -0.1) is 0 Å². The van der Waals surface area contributed by atoms with Gasteiger partial charge in [0.25, 0.3) is 0 Å². The predicted octanol–water partition coefficient (Wildman–Crippen LogP) is 3.83. The van der Waals surface area contributed by atoms with Crippen molar-refractivity contribution in [3.8, 4) is 11.5 Å². The van der Waals surface area contributed by atoms with Gasteiger partial charge in [0.15, 0.2) is 17.6 Å². The molecule has 166 valence electrons. The van der Waals surface area contributed by atoms with Crippen LogP contribution in [0, 0.1) is 11.3 Å². The lowest BCUT2D eigenvalue weighted by molar-refractivity contribution is -0.155. The van der Waals surface area contributed by atoms with Crippen LogP contribution in [0.1, 0.15) is 31.9 Å². The minimum absolute atomic E-state index is 0.0846. The van der Waals surface area contributed by atoms with E-state index < -0.39 is 35.7 Å². The molecule has 0 bridgehead atoms. The summed E-state index contributed by atoms with van der Waals surface area (Å²) >= 11 is 0. The van der Waals surface area contributed by atoms with Gasteiger partial charge in [-0.05, 0) is 29.7 Å². The summed E-state index contributed by atoms with van der Waals surface area (Å²) in [5.41, 5.74) is 1.26. The molecule has 2 aromatic carbocycles. The van der Waals surface area contributed by atoms with Crippen LogP contribution in [0.4, 0.5) is 0 Å². The molecule has 7 heteroatoms. The molecule has 3 rings (SSSR count). The first-order chi connectivity index (χ1) is 14.7. The molecule has 0 unspecified atom stereocenters. The molecule has 1 saturated heterocycles. The third kappa shape index (κ3) is 5.55. The Morgan fingerprint density at radius 1 is 1.10 bits per heavy atom. The fourth-order valence-electron chi connectivity index (χ4n) is 3.30. The van der Waals surface area contributed by atoms with Gasteiger partial charge in [0.1, 0.15) is 6.61 Å². The number of esters is 1. The molecule has 0 aromatic heterocycles. The Morgan fingerprint density at radius 2 is 1.81 bits per heavy atom. The average Bonchev–Trinajstić information content (AvgIpc) is 3.13. The second kappa shape index (κ2) is 9.39. The molecule has 1 N–H and O–H groups in total. The summed E-state index contributed by atoms with van der Waals surface area (Å²) < 4.78 is 22.2. The quantitative estimate of drug-likeness (QED) is 0.639. The van der Waals surface area contributed by atoms with Gasteiger partial charge in [0, 0.05) is 5.41 Å². The number of hydrogen-bond donors (Lipinski definition) is 1. The van der Waals surface area contributed by atoms with Crippen LogP contribution in [0.25, 0.3) is 0 Å². The number of methoxy groups -OCH3 is 1. The monoisotopic (exact) mass is 428 g/mol. The van der Waals surface area contributed by atoms with Crippen molar-refractivity contribution in [2.24, 2.45) is 11.3 Å². The van der Waals surface area contributed by atoms with Crippen molar-refractivity contribution < 1.29 is 33.6 Å². The zero-order chi connectivity index (χ0) is 22.6. The van der Waals surface area contributed by atoms with Crippen LogP contribution < -0.4 is 9.47 Å². The van der Waals surface area contributed by atoms with Crippen LogP contribution >= 0.6 is 0 Å². The highest BCUT2D eigenvalue weighted by molar-refractivity contribution is 5.84. The van der Waals surface area contributed by atoms with Crippen LogP contribution in [0.3, 0.4) is 0 Å². The number of carbonyl (C=O) groups is 2. The molecule has 0 aliphatic carbocycles. The number of ether oxygens (including phenoxy) is 4. The second-order valence-corrected chi connectivity index (χ2v) is 8.60. The zero-order valence-electron chi connectivity index (χ0n) is 18.2. The van der Waals surface area contributed by atoms with Crippen molar-refractivity contribution in [1.29, 1.82) is 0 Å². The highest BCUT2D eigenvalue weighted by Gasteiger charge is 2.47. The van der Waals surface area contributed by atoms with Gasteiger partial charge >= 0.3 is 11.9 Å². The minimum Gasteiger partial charge on any atom is -0.493 e. The lowest BCUT2D eigenvalue weighted by Gasteiger charge is -2.25. The third-order valence-corrected chi connectivity index (χ3v) is 5.04. The van der Waals surface area contributed by atoms with Crippen molar-refractivity contribution in [2.75, 3.05) is 7.11 Å². The fraction of sp³-hybridized carbons (Fsp3) is 0.417. The van der Waals surface area contributed by atoms with Crippen molar-refractivity contribution in [2.45, 2.75) is 46.2 Å². The van der Waals surface area contributed by atoms with E-state index in [1.807, 2.05) is 51.1 Å². The summed E-state index contributed by atoms with van der Waals surface area (Å²) in [7, 11) is 1.52. The Hall–Kier alpha value is -3.06. The number of rotatable bonds is 8. The van der Waals surface area contributed by atoms with Gasteiger partial charge in [-0.1, -0.05) is 57.2 Å². The average molecular weight is 428 g/mol. The number of hydrogen-bond acceptors (Lipinski definition) is 6. The Balaban J connectivity index is 1.73. The zero-order valence-corrected chi connectivity index (χ0v) is 18.2. The molecule has 1 aliphatic heterocycles. The van der Waals surface area contributed by atoms with E-state index in [0.717, 1.165) is 5.56 Å². The van der Waals surface area contributed by atoms with E-state index in [2.05, 4.69) is 0 Å². The normalized spacial score (nSPS) is 19.5. The number of aliphatic carboxylic acids is 1. The summed E-state index contributed by atoms with van der Waals surface area (Å²) in [5.74, 6) is -1.83. The topological polar surface area (TPSA) is 91.3 Å². The number of carboxylic acids is 1. The molecule has 1 fully saturated rings. The van der Waals surface area contributed by atoms with Crippen molar-refractivity contribution in [3.05, 3.63) is 59.7 Å². The van der Waals surface area contributed by atoms with Gasteiger partial charge in [-0.25, -0.2) is 4.79 Å². The molecule has 0 spiro atoms. The lowest BCUT2D eigenvalue weighted by Crippen LogP contribution is -2.35. The highest BCUT2D eigenvalue weighted by Crippen LogP contribution is 2.34. The Labute approximate surface area is 181 Å². The van der Waals surface area contributed by atoms with E-state index in [1.165, 1.54) is 7.11 Å². The summed E-state index contributed by atoms with van der Waals surface area (Å²) in [6.45, 7) is 5.97. The predicted molar refractivity (Wildman–Crippen MR) is 113 cm³/mol. The second-order valence-electron chi connectivity index (χ2n) is 8.60. The van der Waals surface area contributed by atoms with Crippen LogP contribution in [-0.4, -0.2) is 36.5 Å². The third-order valence-electron chi connectivity index (χ3n) is 5.04. The van der Waals surface area contributed by atoms with E-state index in [0.29, 0.717) is 23.7 Å². The molecule has 31 heavy (non-hydrogen) atoms. The molecule has 0 saturated carbocycles. The Kier molecular flexibility index (Phi) is 6.85. The van der Waals surface area contributed by atoms with Crippen LogP contribution in [0.2, 0.25) is 0 Å². The first-order valence-electron chi connectivity index (χ1n) is 10.1. The molecule has 1 aliphatic rings. The summed E-state index contributed by atoms with van der Waals surface area (Å²) in [5, 5.41) is 9.75. The maximum Gasteiger partial charge on any atom is 0.338 e. The summed E-state index contributed by atoms with van der Waals surface area (Å²) in [6.07, 6.45) is -1.86. The highest BCUT2D eigenvalue weighted by atomic mass is 16.8. The van der Waals surface area contributed by atoms with Crippen molar-refractivity contribution in [1.82, 2.24) is 0 Å². The standard InChI is InChI=1S/C24H28O7/c1-24(2,3)23-30-20(22(27)31-23)17(21(25)26)12-16-10-11-18(19(13-16)28-4)29-14-15-8-6-5-7-9-15/h5-11,13,17,20,23H,12,14H2,1-4H3,(H,25,26)/t17-,20+,23-/m1/s1. The summed E-state index contributed by atoms with van der Waals surface area (Å²) in [6, 6.07) is 15.0. The molecular weight excluding hydrogens is 400 g/mol. The van der Waals surface area contributed by atoms with Crippen molar-refractivity contribution >= 4 is 11.9 Å². The fourth-order valence-corrected chi connectivity index (χ4v) is 3.30. The molecule has 7 nitrogen and oxygen atoms in total. The number of carbonyl (C=O) groups excluding carboxylic acids is 1. The Bertz CT molecular complexity index is 917. The summed E-state index contributed by atoms with van der Waals surface area (Å²) in [4.78, 5) is 24.2. The maximum atomic E-state index is 12.3. The van der Waals surface area contributed by atoms with E-state index in [1.54, 1.807) is 18.2 Å². The number of carboxylic acid groups (broad SMARTS) is 1. The molecule has 2 aromatic rings. The number of benzene rings is 2. The SMILES string of the molecule is COc1cc(C[C@@H](C(=O)O)[C@@H]2O[C@@H](C(C)(C)C)OC2=O)ccc1OCc1ccccc1. The van der Waals surface area contributed by atoms with E-state index >= 15 is 0 Å². The largest absolute Gasteiger partial charge is 0.493 e. The molecule has 1 heterocycles. The first-order valence-corrected chi connectivity index (χ1v) is 10.1. The van der Waals surface area contributed by atoms with Crippen LogP contribution in [0.15, 0.2) is 48.5 Å². The number of cyclic esters (lactones) is 1. The lowest BCUT2D eigenvalue weighted by atomic mass is 9.93. The van der Waals surface area contributed by atoms with Gasteiger partial charge in [-0.3, -0.25) is 4.79 Å². The smallest absolute Gasteiger partial charge is 0.338 e. The van der Waals surface area contributed by atoms with Crippen LogP contribution in [0.5, 0.6) is 11.5 Å². The molecule has 0 amide bonds. The van der Waals surface area contributed by atoms with Gasteiger partial charge in [-0.2, -0.15) is 0 Å². The van der Waals surface area contributed by atoms with Crippen LogP contribution in [-0.2, 0) is 32.1 Å². The first kappa shape index (κ1) is 22.6. The van der Waals surface area contributed by atoms with Crippen molar-refractivity contribution in [3.63, 3.8) is 0 Å². The molecule has 3 atom stereocenters.